The maximum absolute atomic E-state index is 12.9. The third kappa shape index (κ3) is 6.01. The molecule has 1 N–H and O–H groups in total. The van der Waals surface area contributed by atoms with Crippen molar-refractivity contribution in [3.05, 3.63) is 70.5 Å². The van der Waals surface area contributed by atoms with Gasteiger partial charge in [0.25, 0.3) is 0 Å². The molecule has 2 aromatic carbocycles. The molecule has 0 bridgehead atoms. The fourth-order valence-electron chi connectivity index (χ4n) is 2.02. The van der Waals surface area contributed by atoms with Crippen molar-refractivity contribution in [2.45, 2.75) is 19.4 Å². The zero-order valence-electron chi connectivity index (χ0n) is 12.9. The van der Waals surface area contributed by atoms with E-state index >= 15 is 0 Å². The summed E-state index contributed by atoms with van der Waals surface area (Å²) in [7, 11) is 0. The average Bonchev–Trinajstić information content (AvgIpc) is 2.55. The molecule has 0 saturated carbocycles. The summed E-state index contributed by atoms with van der Waals surface area (Å²) in [6, 6.07) is 13.2. The number of ether oxygens (including phenoxy) is 1. The van der Waals surface area contributed by atoms with Crippen LogP contribution in [0.5, 0.6) is 0 Å². The van der Waals surface area contributed by atoms with Crippen LogP contribution in [0.15, 0.2) is 48.5 Å². The molecule has 126 valence electrons. The maximum Gasteiger partial charge on any atom is 0.307 e. The van der Waals surface area contributed by atoms with Crippen molar-refractivity contribution >= 4 is 23.5 Å². The lowest BCUT2D eigenvalue weighted by molar-refractivity contribution is -0.144. The lowest BCUT2D eigenvalue weighted by Gasteiger charge is -2.08. The number of nitrogens with one attached hydrogen (secondary N) is 1. The summed E-state index contributed by atoms with van der Waals surface area (Å²) < 4.78 is 18.0. The van der Waals surface area contributed by atoms with Crippen molar-refractivity contribution < 1.29 is 18.7 Å². The van der Waals surface area contributed by atoms with Gasteiger partial charge < -0.3 is 10.1 Å². The van der Waals surface area contributed by atoms with Crippen LogP contribution >= 0.6 is 11.6 Å². The van der Waals surface area contributed by atoms with E-state index in [-0.39, 0.29) is 36.9 Å². The van der Waals surface area contributed by atoms with Crippen LogP contribution in [0.25, 0.3) is 0 Å². The third-order valence-electron chi connectivity index (χ3n) is 3.26. The number of amides is 1. The van der Waals surface area contributed by atoms with Gasteiger partial charge in [-0.1, -0.05) is 48.0 Å². The lowest BCUT2D eigenvalue weighted by Crippen LogP contribution is -2.27. The lowest BCUT2D eigenvalue weighted by atomic mass is 10.1. The minimum Gasteiger partial charge on any atom is -0.461 e. The van der Waals surface area contributed by atoms with Gasteiger partial charge in [0.05, 0.1) is 17.9 Å². The van der Waals surface area contributed by atoms with E-state index in [1.54, 1.807) is 0 Å². The number of hydrogen-bond donors (Lipinski definition) is 1. The highest BCUT2D eigenvalue weighted by Gasteiger charge is 2.08. The quantitative estimate of drug-likeness (QED) is 0.780. The van der Waals surface area contributed by atoms with Crippen molar-refractivity contribution in [3.8, 4) is 0 Å². The van der Waals surface area contributed by atoms with Crippen LogP contribution in [-0.4, -0.2) is 18.4 Å². The van der Waals surface area contributed by atoms with Crippen LogP contribution in [0.2, 0.25) is 5.02 Å². The molecule has 0 aliphatic heterocycles. The number of benzene rings is 2. The van der Waals surface area contributed by atoms with Gasteiger partial charge in [-0.2, -0.15) is 0 Å². The summed E-state index contributed by atoms with van der Waals surface area (Å²) in [5.74, 6) is -1.07. The van der Waals surface area contributed by atoms with Gasteiger partial charge in [-0.05, 0) is 17.7 Å². The van der Waals surface area contributed by atoms with Crippen LogP contribution in [0, 0.1) is 5.82 Å². The Bertz CT molecular complexity index is 707. The molecule has 6 heteroatoms. The van der Waals surface area contributed by atoms with Gasteiger partial charge in [0.2, 0.25) is 5.91 Å². The molecule has 2 aromatic rings. The second-order valence-corrected chi connectivity index (χ2v) is 5.57. The average molecular weight is 350 g/mol. The molecule has 0 radical (unpaired) electrons. The highest BCUT2D eigenvalue weighted by molar-refractivity contribution is 6.31. The molecule has 1 amide bonds. The van der Waals surface area contributed by atoms with Crippen LogP contribution in [-0.2, 0) is 27.4 Å². The minimum absolute atomic E-state index is 0.0318. The third-order valence-corrected chi connectivity index (χ3v) is 3.61. The Balaban J connectivity index is 1.67. The molecule has 0 aliphatic carbocycles. The molecule has 2 rings (SSSR count). The summed E-state index contributed by atoms with van der Waals surface area (Å²) in [5, 5.41) is 2.87. The molecular weight excluding hydrogens is 333 g/mol. The predicted octanol–water partition coefficient (Wildman–Crippen LogP) is 3.27. The van der Waals surface area contributed by atoms with Crippen molar-refractivity contribution in [3.63, 3.8) is 0 Å². The van der Waals surface area contributed by atoms with Gasteiger partial charge in [-0.15, -0.1) is 0 Å². The maximum atomic E-state index is 12.9. The van der Waals surface area contributed by atoms with Crippen molar-refractivity contribution in [1.82, 2.24) is 5.32 Å². The molecule has 0 atom stereocenters. The van der Waals surface area contributed by atoms with E-state index in [0.29, 0.717) is 5.56 Å². The Morgan fingerprint density at radius 1 is 1.12 bits per heavy atom. The molecule has 0 aromatic heterocycles. The summed E-state index contributed by atoms with van der Waals surface area (Å²) in [6.07, 6.45) is 0.320. The first-order valence-corrected chi connectivity index (χ1v) is 7.82. The molecule has 0 heterocycles. The Morgan fingerprint density at radius 3 is 2.58 bits per heavy atom. The number of halogens is 2. The monoisotopic (exact) mass is 349 g/mol. The van der Waals surface area contributed by atoms with E-state index in [1.165, 1.54) is 12.1 Å². The van der Waals surface area contributed by atoms with Crippen molar-refractivity contribution in [2.24, 2.45) is 0 Å². The second kappa shape index (κ2) is 9.03. The van der Waals surface area contributed by atoms with E-state index in [2.05, 4.69) is 5.32 Å². The van der Waals surface area contributed by atoms with Crippen molar-refractivity contribution in [1.29, 1.82) is 0 Å². The molecule has 0 aliphatic rings. The van der Waals surface area contributed by atoms with Gasteiger partial charge in [0, 0.05) is 12.1 Å². The van der Waals surface area contributed by atoms with Gasteiger partial charge >= 0.3 is 5.97 Å². The number of carbonyl (C=O) groups is 2. The smallest absolute Gasteiger partial charge is 0.307 e. The van der Waals surface area contributed by atoms with Gasteiger partial charge in [0.1, 0.15) is 12.4 Å². The Hall–Kier alpha value is -2.40. The zero-order valence-corrected chi connectivity index (χ0v) is 13.7. The van der Waals surface area contributed by atoms with Crippen LogP contribution < -0.4 is 5.32 Å². The molecular formula is C18H17ClFNO3. The standard InChI is InChI=1S/C18H17ClFNO3/c19-16-11-15(20)7-6-14(16)12-24-18(23)8-9-21-17(22)10-13-4-2-1-3-5-13/h1-7,11H,8-10,12H2,(H,21,22). The summed E-state index contributed by atoms with van der Waals surface area (Å²) in [6.45, 7) is 0.164. The first-order chi connectivity index (χ1) is 11.5. The largest absolute Gasteiger partial charge is 0.461 e. The number of rotatable bonds is 7. The molecule has 24 heavy (non-hydrogen) atoms. The normalized spacial score (nSPS) is 10.2. The van der Waals surface area contributed by atoms with Crippen molar-refractivity contribution in [2.75, 3.05) is 6.54 Å². The highest BCUT2D eigenvalue weighted by Crippen LogP contribution is 2.18. The van der Waals surface area contributed by atoms with Gasteiger partial charge in [0.15, 0.2) is 0 Å². The molecule has 0 unspecified atom stereocenters. The number of hydrogen-bond acceptors (Lipinski definition) is 3. The Labute approximate surface area is 144 Å². The molecule has 0 fully saturated rings. The summed E-state index contributed by atoms with van der Waals surface area (Å²) in [4.78, 5) is 23.4. The molecule has 4 nitrogen and oxygen atoms in total. The highest BCUT2D eigenvalue weighted by atomic mass is 35.5. The van der Waals surface area contributed by atoms with Gasteiger partial charge in [-0.3, -0.25) is 9.59 Å². The second-order valence-electron chi connectivity index (χ2n) is 5.16. The van der Waals surface area contributed by atoms with Gasteiger partial charge in [-0.25, -0.2) is 4.39 Å². The molecule has 0 spiro atoms. The van der Waals surface area contributed by atoms with Crippen LogP contribution in [0.1, 0.15) is 17.5 Å². The first-order valence-electron chi connectivity index (χ1n) is 7.45. The van der Waals surface area contributed by atoms with E-state index in [9.17, 15) is 14.0 Å². The Kier molecular flexibility index (Phi) is 6.75. The number of esters is 1. The van der Waals surface area contributed by atoms with E-state index in [1.807, 2.05) is 30.3 Å². The predicted molar refractivity (Wildman–Crippen MR) is 89.0 cm³/mol. The van der Waals surface area contributed by atoms with E-state index < -0.39 is 11.8 Å². The summed E-state index contributed by atoms with van der Waals surface area (Å²) >= 11 is 5.85. The first kappa shape index (κ1) is 17.9. The topological polar surface area (TPSA) is 55.4 Å². The van der Waals surface area contributed by atoms with E-state index in [4.69, 9.17) is 16.3 Å². The number of carbonyl (C=O) groups excluding carboxylic acids is 2. The fraction of sp³-hybridized carbons (Fsp3) is 0.222. The fourth-order valence-corrected chi connectivity index (χ4v) is 2.24. The van der Waals surface area contributed by atoms with Crippen LogP contribution in [0.3, 0.4) is 0 Å². The van der Waals surface area contributed by atoms with Crippen LogP contribution in [0.4, 0.5) is 4.39 Å². The molecule has 0 saturated heterocycles. The SMILES string of the molecule is O=C(Cc1ccccc1)NCCC(=O)OCc1ccc(F)cc1Cl. The minimum atomic E-state index is -0.463. The Morgan fingerprint density at radius 2 is 1.88 bits per heavy atom. The van der Waals surface area contributed by atoms with E-state index in [0.717, 1.165) is 11.6 Å². The summed E-state index contributed by atoms with van der Waals surface area (Å²) in [5.41, 5.74) is 1.43. The zero-order chi connectivity index (χ0) is 17.4.